The smallest absolute Gasteiger partial charge is 0.118 e. The molecule has 0 unspecified atom stereocenters. The highest BCUT2D eigenvalue weighted by atomic mass is 16.5. The van der Waals surface area contributed by atoms with Gasteiger partial charge < -0.3 is 14.6 Å². The lowest BCUT2D eigenvalue weighted by molar-refractivity contribution is 0.414. The number of methoxy groups -OCH3 is 1. The summed E-state index contributed by atoms with van der Waals surface area (Å²) in [5, 5.41) is 3.43. The van der Waals surface area contributed by atoms with Crippen LogP contribution in [0.15, 0.2) is 43.0 Å². The third-order valence-corrected chi connectivity index (χ3v) is 2.82. The standard InChI is InChI=1S/C14H19N3O/c1-18-14-5-3-13(4-6-14)11-15-7-2-9-17-10-8-16-12-17/h3-6,8,10,12,15H,2,7,9,11H2,1H3. The average molecular weight is 245 g/mol. The minimum Gasteiger partial charge on any atom is -0.497 e. The van der Waals surface area contributed by atoms with Crippen LogP contribution < -0.4 is 10.1 Å². The van der Waals surface area contributed by atoms with E-state index in [2.05, 4.69) is 27.0 Å². The molecule has 0 radical (unpaired) electrons. The number of rotatable bonds is 7. The Bertz CT molecular complexity index is 437. The van der Waals surface area contributed by atoms with Crippen molar-refractivity contribution in [3.8, 4) is 5.75 Å². The van der Waals surface area contributed by atoms with Crippen molar-refractivity contribution in [2.75, 3.05) is 13.7 Å². The van der Waals surface area contributed by atoms with Crippen molar-refractivity contribution >= 4 is 0 Å². The molecule has 0 aliphatic carbocycles. The van der Waals surface area contributed by atoms with Gasteiger partial charge in [0.15, 0.2) is 0 Å². The lowest BCUT2D eigenvalue weighted by Crippen LogP contribution is -2.16. The molecule has 0 aliphatic rings. The number of nitrogens with zero attached hydrogens (tertiary/aromatic N) is 2. The summed E-state index contributed by atoms with van der Waals surface area (Å²) >= 11 is 0. The van der Waals surface area contributed by atoms with Crippen molar-refractivity contribution < 1.29 is 4.74 Å². The molecule has 1 aromatic heterocycles. The number of hydrogen-bond acceptors (Lipinski definition) is 3. The molecule has 4 nitrogen and oxygen atoms in total. The second-order valence-corrected chi connectivity index (χ2v) is 4.18. The first-order valence-electron chi connectivity index (χ1n) is 6.18. The van der Waals surface area contributed by atoms with E-state index < -0.39 is 0 Å². The van der Waals surface area contributed by atoms with Crippen LogP contribution in [-0.4, -0.2) is 23.2 Å². The van der Waals surface area contributed by atoms with Gasteiger partial charge in [0.1, 0.15) is 5.75 Å². The number of nitrogens with one attached hydrogen (secondary N) is 1. The molecule has 4 heteroatoms. The fourth-order valence-electron chi connectivity index (χ4n) is 1.78. The summed E-state index contributed by atoms with van der Waals surface area (Å²) in [6.07, 6.45) is 6.75. The van der Waals surface area contributed by atoms with E-state index in [1.54, 1.807) is 7.11 Å². The number of hydrogen-bond donors (Lipinski definition) is 1. The van der Waals surface area contributed by atoms with Crippen LogP contribution in [-0.2, 0) is 13.1 Å². The van der Waals surface area contributed by atoms with Crippen LogP contribution in [0.5, 0.6) is 5.75 Å². The molecule has 0 amide bonds. The second kappa shape index (κ2) is 6.81. The van der Waals surface area contributed by atoms with Gasteiger partial charge in [-0.15, -0.1) is 0 Å². The van der Waals surface area contributed by atoms with E-state index in [1.165, 1.54) is 5.56 Å². The molecule has 2 rings (SSSR count). The highest BCUT2D eigenvalue weighted by Crippen LogP contribution is 2.10. The average Bonchev–Trinajstić information content (AvgIpc) is 2.92. The Kier molecular flexibility index (Phi) is 4.78. The number of imidazole rings is 1. The van der Waals surface area contributed by atoms with E-state index in [4.69, 9.17) is 4.74 Å². The fraction of sp³-hybridized carbons (Fsp3) is 0.357. The highest BCUT2D eigenvalue weighted by molar-refractivity contribution is 5.26. The molecular formula is C14H19N3O. The maximum Gasteiger partial charge on any atom is 0.118 e. The van der Waals surface area contributed by atoms with Gasteiger partial charge in [-0.2, -0.15) is 0 Å². The van der Waals surface area contributed by atoms with Gasteiger partial charge in [0.05, 0.1) is 13.4 Å². The van der Waals surface area contributed by atoms with Crippen molar-refractivity contribution in [3.05, 3.63) is 48.5 Å². The van der Waals surface area contributed by atoms with E-state index in [1.807, 2.05) is 30.9 Å². The molecule has 0 aliphatic heterocycles. The normalized spacial score (nSPS) is 10.5. The zero-order chi connectivity index (χ0) is 12.6. The second-order valence-electron chi connectivity index (χ2n) is 4.18. The number of aryl methyl sites for hydroxylation is 1. The largest absolute Gasteiger partial charge is 0.497 e. The number of aromatic nitrogens is 2. The monoisotopic (exact) mass is 245 g/mol. The molecule has 1 N–H and O–H groups in total. The first-order chi connectivity index (χ1) is 8.88. The van der Waals surface area contributed by atoms with Crippen molar-refractivity contribution in [2.24, 2.45) is 0 Å². The number of benzene rings is 1. The maximum atomic E-state index is 5.12. The molecule has 1 aromatic carbocycles. The topological polar surface area (TPSA) is 39.1 Å². The molecular weight excluding hydrogens is 226 g/mol. The molecule has 0 saturated carbocycles. The van der Waals surface area contributed by atoms with Crippen LogP contribution in [0.4, 0.5) is 0 Å². The molecule has 18 heavy (non-hydrogen) atoms. The molecule has 96 valence electrons. The lowest BCUT2D eigenvalue weighted by atomic mass is 10.2. The predicted molar refractivity (Wildman–Crippen MR) is 71.5 cm³/mol. The van der Waals surface area contributed by atoms with Crippen molar-refractivity contribution in [2.45, 2.75) is 19.5 Å². The quantitative estimate of drug-likeness (QED) is 0.759. The SMILES string of the molecule is COc1ccc(CNCCCn2ccnc2)cc1. The summed E-state index contributed by atoms with van der Waals surface area (Å²) in [7, 11) is 1.68. The van der Waals surface area contributed by atoms with Gasteiger partial charge in [0, 0.05) is 25.5 Å². The molecule has 2 aromatic rings. The molecule has 1 heterocycles. The molecule has 0 saturated heterocycles. The van der Waals surface area contributed by atoms with Crippen LogP contribution in [0.25, 0.3) is 0 Å². The molecule has 0 atom stereocenters. The zero-order valence-electron chi connectivity index (χ0n) is 10.7. The van der Waals surface area contributed by atoms with Gasteiger partial charge in [-0.25, -0.2) is 4.98 Å². The van der Waals surface area contributed by atoms with E-state index in [0.717, 1.165) is 31.8 Å². The summed E-state index contributed by atoms with van der Waals surface area (Å²) in [5.74, 6) is 0.902. The lowest BCUT2D eigenvalue weighted by Gasteiger charge is -2.06. The Hall–Kier alpha value is -1.81. The highest BCUT2D eigenvalue weighted by Gasteiger charge is 1.94. The first-order valence-corrected chi connectivity index (χ1v) is 6.18. The van der Waals surface area contributed by atoms with Crippen molar-refractivity contribution in [3.63, 3.8) is 0 Å². The van der Waals surface area contributed by atoms with Gasteiger partial charge in [-0.3, -0.25) is 0 Å². The maximum absolute atomic E-state index is 5.12. The Morgan fingerprint density at radius 3 is 2.78 bits per heavy atom. The number of ether oxygens (including phenoxy) is 1. The zero-order valence-corrected chi connectivity index (χ0v) is 10.7. The Labute approximate surface area is 108 Å². The van der Waals surface area contributed by atoms with Crippen LogP contribution in [0.2, 0.25) is 0 Å². The summed E-state index contributed by atoms with van der Waals surface area (Å²) < 4.78 is 7.22. The van der Waals surface area contributed by atoms with E-state index in [-0.39, 0.29) is 0 Å². The molecule has 0 spiro atoms. The molecule has 0 bridgehead atoms. The van der Waals surface area contributed by atoms with Crippen molar-refractivity contribution in [1.29, 1.82) is 0 Å². The van der Waals surface area contributed by atoms with Crippen LogP contribution in [0, 0.1) is 0 Å². The van der Waals surface area contributed by atoms with Crippen LogP contribution in [0.3, 0.4) is 0 Å². The van der Waals surface area contributed by atoms with Crippen LogP contribution in [0.1, 0.15) is 12.0 Å². The fourth-order valence-corrected chi connectivity index (χ4v) is 1.78. The third kappa shape index (κ3) is 3.89. The van der Waals surface area contributed by atoms with E-state index in [0.29, 0.717) is 0 Å². The van der Waals surface area contributed by atoms with Gasteiger partial charge in [-0.1, -0.05) is 12.1 Å². The minimum atomic E-state index is 0.897. The Morgan fingerprint density at radius 1 is 1.28 bits per heavy atom. The summed E-state index contributed by atoms with van der Waals surface area (Å²) in [6, 6.07) is 8.15. The first kappa shape index (κ1) is 12.6. The van der Waals surface area contributed by atoms with Gasteiger partial charge in [0.2, 0.25) is 0 Å². The summed E-state index contributed by atoms with van der Waals surface area (Å²) in [4.78, 5) is 4.02. The Balaban J connectivity index is 1.62. The van der Waals surface area contributed by atoms with E-state index in [9.17, 15) is 0 Å². The van der Waals surface area contributed by atoms with Gasteiger partial charge in [0.25, 0.3) is 0 Å². The third-order valence-electron chi connectivity index (χ3n) is 2.82. The van der Waals surface area contributed by atoms with Gasteiger partial charge in [-0.05, 0) is 30.7 Å². The summed E-state index contributed by atoms with van der Waals surface area (Å²) in [5.41, 5.74) is 1.28. The Morgan fingerprint density at radius 2 is 2.11 bits per heavy atom. The van der Waals surface area contributed by atoms with Crippen molar-refractivity contribution in [1.82, 2.24) is 14.9 Å². The van der Waals surface area contributed by atoms with Gasteiger partial charge >= 0.3 is 0 Å². The minimum absolute atomic E-state index is 0.897. The van der Waals surface area contributed by atoms with Crippen LogP contribution >= 0.6 is 0 Å². The predicted octanol–water partition coefficient (Wildman–Crippen LogP) is 2.07. The summed E-state index contributed by atoms with van der Waals surface area (Å²) in [6.45, 7) is 2.91. The molecule has 0 fully saturated rings. The van der Waals surface area contributed by atoms with E-state index >= 15 is 0 Å².